The summed E-state index contributed by atoms with van der Waals surface area (Å²) in [7, 11) is 0. The molecule has 4 heteroatoms. The topological polar surface area (TPSA) is 75.8 Å². The molecule has 14 heavy (non-hydrogen) atoms. The molecule has 1 fully saturated rings. The van der Waals surface area contributed by atoms with E-state index in [-0.39, 0.29) is 0 Å². The number of carbonyl (C=O) groups excluding carboxylic acids is 1. The molecule has 1 heterocycles. The molecule has 0 amide bonds. The standard InChI is InChI=1S/C10H11NO3/c11-8(10(13)9(12)14-10)6-7-4-2-1-3-5-7/h1-5,8,13H,6,11H2/t8-,10?/m0/s1. The molecule has 0 aromatic heterocycles. The van der Waals surface area contributed by atoms with Crippen molar-refractivity contribution in [3.63, 3.8) is 0 Å². The van der Waals surface area contributed by atoms with Crippen molar-refractivity contribution in [2.24, 2.45) is 5.73 Å². The smallest absolute Gasteiger partial charge is 0.384 e. The Morgan fingerprint density at radius 3 is 2.50 bits per heavy atom. The molecule has 0 aliphatic carbocycles. The fourth-order valence-corrected chi connectivity index (χ4v) is 1.35. The molecule has 2 atom stereocenters. The van der Waals surface area contributed by atoms with Crippen LogP contribution in [-0.4, -0.2) is 22.9 Å². The Hall–Kier alpha value is -1.39. The lowest BCUT2D eigenvalue weighted by Crippen LogP contribution is -2.40. The summed E-state index contributed by atoms with van der Waals surface area (Å²) in [6.07, 6.45) is 0.420. The molecule has 0 radical (unpaired) electrons. The third kappa shape index (κ3) is 1.49. The summed E-state index contributed by atoms with van der Waals surface area (Å²) in [6.45, 7) is 0. The molecule has 0 bridgehead atoms. The number of cyclic esters (lactones) is 1. The van der Waals surface area contributed by atoms with E-state index in [1.807, 2.05) is 30.3 Å². The number of carbonyl (C=O) groups is 1. The lowest BCUT2D eigenvalue weighted by Gasteiger charge is -2.11. The zero-order valence-electron chi connectivity index (χ0n) is 7.51. The Morgan fingerprint density at radius 1 is 1.43 bits per heavy atom. The van der Waals surface area contributed by atoms with E-state index in [1.54, 1.807) is 0 Å². The summed E-state index contributed by atoms with van der Waals surface area (Å²) in [5, 5.41) is 9.43. The van der Waals surface area contributed by atoms with E-state index in [9.17, 15) is 9.90 Å². The Labute approximate surface area is 81.3 Å². The maximum Gasteiger partial charge on any atom is 0.384 e. The van der Waals surface area contributed by atoms with Crippen LogP contribution in [0, 0.1) is 0 Å². The average molecular weight is 193 g/mol. The molecule has 1 unspecified atom stereocenters. The predicted molar refractivity (Wildman–Crippen MR) is 49.2 cm³/mol. The summed E-state index contributed by atoms with van der Waals surface area (Å²) in [6, 6.07) is 8.72. The molecular weight excluding hydrogens is 182 g/mol. The Balaban J connectivity index is 2.02. The number of ether oxygens (including phenoxy) is 1. The van der Waals surface area contributed by atoms with E-state index in [4.69, 9.17) is 5.73 Å². The van der Waals surface area contributed by atoms with Crippen molar-refractivity contribution in [3.05, 3.63) is 35.9 Å². The van der Waals surface area contributed by atoms with Crippen LogP contribution in [0.2, 0.25) is 0 Å². The van der Waals surface area contributed by atoms with Crippen LogP contribution in [0.5, 0.6) is 0 Å². The third-order valence-corrected chi connectivity index (χ3v) is 2.30. The van der Waals surface area contributed by atoms with Gasteiger partial charge in [0.2, 0.25) is 0 Å². The van der Waals surface area contributed by atoms with Crippen molar-refractivity contribution < 1.29 is 14.6 Å². The second-order valence-corrected chi connectivity index (χ2v) is 3.38. The molecular formula is C10H11NO3. The van der Waals surface area contributed by atoms with Crippen LogP contribution in [0.4, 0.5) is 0 Å². The van der Waals surface area contributed by atoms with Gasteiger partial charge in [-0.3, -0.25) is 0 Å². The maximum atomic E-state index is 10.7. The molecule has 2 rings (SSSR count). The third-order valence-electron chi connectivity index (χ3n) is 2.30. The Kier molecular flexibility index (Phi) is 2.02. The van der Waals surface area contributed by atoms with Crippen LogP contribution in [0.15, 0.2) is 30.3 Å². The number of epoxide rings is 1. The van der Waals surface area contributed by atoms with E-state index in [0.717, 1.165) is 5.56 Å². The van der Waals surface area contributed by atoms with Crippen molar-refractivity contribution in [3.8, 4) is 0 Å². The first-order chi connectivity index (χ1) is 6.63. The number of nitrogens with two attached hydrogens (primary N) is 1. The second kappa shape index (κ2) is 3.08. The van der Waals surface area contributed by atoms with Gasteiger partial charge in [-0.25, -0.2) is 4.79 Å². The zero-order chi connectivity index (χ0) is 10.2. The van der Waals surface area contributed by atoms with E-state index in [1.165, 1.54) is 0 Å². The summed E-state index contributed by atoms with van der Waals surface area (Å²) in [5.74, 6) is -2.38. The summed E-state index contributed by atoms with van der Waals surface area (Å²) in [4.78, 5) is 10.7. The van der Waals surface area contributed by atoms with Gasteiger partial charge in [-0.2, -0.15) is 0 Å². The van der Waals surface area contributed by atoms with Gasteiger partial charge in [0.05, 0.1) is 6.04 Å². The van der Waals surface area contributed by atoms with Gasteiger partial charge in [0.25, 0.3) is 0 Å². The van der Waals surface area contributed by atoms with Crippen molar-refractivity contribution >= 4 is 5.97 Å². The fraction of sp³-hybridized carbons (Fsp3) is 0.300. The highest BCUT2D eigenvalue weighted by atomic mass is 16.8. The minimum absolute atomic E-state index is 0.420. The Morgan fingerprint density at radius 2 is 2.00 bits per heavy atom. The number of rotatable bonds is 3. The number of benzene rings is 1. The van der Waals surface area contributed by atoms with Gasteiger partial charge < -0.3 is 15.6 Å². The van der Waals surface area contributed by atoms with Crippen LogP contribution in [0.25, 0.3) is 0 Å². The zero-order valence-corrected chi connectivity index (χ0v) is 7.51. The van der Waals surface area contributed by atoms with Gasteiger partial charge in [0.1, 0.15) is 0 Å². The largest absolute Gasteiger partial charge is 0.415 e. The van der Waals surface area contributed by atoms with Crippen molar-refractivity contribution in [1.29, 1.82) is 0 Å². The highest BCUT2D eigenvalue weighted by Crippen LogP contribution is 2.29. The summed E-state index contributed by atoms with van der Waals surface area (Å²) >= 11 is 0. The van der Waals surface area contributed by atoms with E-state index < -0.39 is 17.8 Å². The van der Waals surface area contributed by atoms with Crippen LogP contribution < -0.4 is 5.73 Å². The average Bonchev–Trinajstić information content (AvgIpc) is 2.78. The van der Waals surface area contributed by atoms with Crippen LogP contribution in [-0.2, 0) is 16.0 Å². The molecule has 1 aromatic carbocycles. The molecule has 1 aliphatic heterocycles. The minimum Gasteiger partial charge on any atom is -0.415 e. The lowest BCUT2D eigenvalue weighted by atomic mass is 10.0. The quantitative estimate of drug-likeness (QED) is 0.652. The van der Waals surface area contributed by atoms with Gasteiger partial charge in [-0.15, -0.1) is 0 Å². The number of aliphatic hydroxyl groups is 1. The van der Waals surface area contributed by atoms with Crippen molar-refractivity contribution in [2.75, 3.05) is 0 Å². The van der Waals surface area contributed by atoms with Crippen LogP contribution in [0.3, 0.4) is 0 Å². The fourth-order valence-electron chi connectivity index (χ4n) is 1.35. The van der Waals surface area contributed by atoms with Gasteiger partial charge in [0, 0.05) is 0 Å². The first-order valence-corrected chi connectivity index (χ1v) is 4.38. The molecule has 3 N–H and O–H groups in total. The van der Waals surface area contributed by atoms with Crippen LogP contribution >= 0.6 is 0 Å². The summed E-state index contributed by atoms with van der Waals surface area (Å²) in [5.41, 5.74) is 6.61. The Bertz CT molecular complexity index is 352. The van der Waals surface area contributed by atoms with Crippen molar-refractivity contribution in [1.82, 2.24) is 0 Å². The summed E-state index contributed by atoms with van der Waals surface area (Å²) < 4.78 is 4.43. The maximum absolute atomic E-state index is 10.7. The van der Waals surface area contributed by atoms with Gasteiger partial charge >= 0.3 is 11.8 Å². The number of hydrogen-bond donors (Lipinski definition) is 2. The number of hydrogen-bond acceptors (Lipinski definition) is 4. The van der Waals surface area contributed by atoms with E-state index in [0.29, 0.717) is 6.42 Å². The van der Waals surface area contributed by atoms with E-state index >= 15 is 0 Å². The highest BCUT2D eigenvalue weighted by Gasteiger charge is 2.61. The second-order valence-electron chi connectivity index (χ2n) is 3.38. The molecule has 0 spiro atoms. The van der Waals surface area contributed by atoms with Gasteiger partial charge in [-0.1, -0.05) is 30.3 Å². The monoisotopic (exact) mass is 193 g/mol. The molecule has 4 nitrogen and oxygen atoms in total. The first kappa shape index (κ1) is 9.18. The SMILES string of the molecule is N[C@@H](Cc1ccccc1)C1(O)OC1=O. The molecule has 74 valence electrons. The first-order valence-electron chi connectivity index (χ1n) is 4.38. The van der Waals surface area contributed by atoms with E-state index in [2.05, 4.69) is 4.74 Å². The molecule has 1 saturated heterocycles. The highest BCUT2D eigenvalue weighted by molar-refractivity contribution is 5.91. The van der Waals surface area contributed by atoms with Crippen molar-refractivity contribution in [2.45, 2.75) is 18.2 Å². The molecule has 1 aromatic rings. The minimum atomic E-state index is -1.74. The van der Waals surface area contributed by atoms with Crippen LogP contribution in [0.1, 0.15) is 5.56 Å². The van der Waals surface area contributed by atoms with Gasteiger partial charge in [0.15, 0.2) is 0 Å². The predicted octanol–water partition coefficient (Wildman–Crippen LogP) is -0.198. The normalized spacial score (nSPS) is 26.9. The van der Waals surface area contributed by atoms with Gasteiger partial charge in [-0.05, 0) is 12.0 Å². The lowest BCUT2D eigenvalue weighted by molar-refractivity contribution is -0.118. The molecule has 0 saturated carbocycles. The molecule has 1 aliphatic rings.